The summed E-state index contributed by atoms with van der Waals surface area (Å²) in [7, 11) is 0. The van der Waals surface area contributed by atoms with Crippen LogP contribution < -0.4 is 16.0 Å². The number of rotatable bonds is 15. The number of alkyl carbamates (subject to hydrolysis) is 1. The highest BCUT2D eigenvalue weighted by Crippen LogP contribution is 2.12. The van der Waals surface area contributed by atoms with Gasteiger partial charge in [0.2, 0.25) is 11.8 Å². The van der Waals surface area contributed by atoms with Gasteiger partial charge in [-0.25, -0.2) is 9.59 Å². The highest BCUT2D eigenvalue weighted by Gasteiger charge is 2.33. The third kappa shape index (κ3) is 14.3. The Kier molecular flexibility index (Phi) is 14.2. The fourth-order valence-electron chi connectivity index (χ4n) is 3.48. The molecule has 0 aliphatic carbocycles. The first-order valence-corrected chi connectivity index (χ1v) is 13.4. The number of aliphatic carboxylic acids is 1. The van der Waals surface area contributed by atoms with E-state index >= 15 is 0 Å². The number of hydrogen-bond donors (Lipinski definition) is 4. The van der Waals surface area contributed by atoms with Crippen LogP contribution in [0.5, 0.6) is 0 Å². The molecule has 1 aromatic rings. The number of hydrogen-bond acceptors (Lipinski definition) is 9. The van der Waals surface area contributed by atoms with Crippen molar-refractivity contribution in [3.05, 3.63) is 48.2 Å². The lowest BCUT2D eigenvalue weighted by molar-refractivity contribution is -0.155. The summed E-state index contributed by atoms with van der Waals surface area (Å²) in [4.78, 5) is 75.2. The van der Waals surface area contributed by atoms with Gasteiger partial charge in [0.15, 0.2) is 0 Å². The summed E-state index contributed by atoms with van der Waals surface area (Å²) >= 11 is 0. The number of carbonyl (C=O) groups is 6. The number of benzene rings is 1. The second-order valence-corrected chi connectivity index (χ2v) is 10.9. The van der Waals surface area contributed by atoms with Crippen molar-refractivity contribution in [1.82, 2.24) is 16.0 Å². The van der Waals surface area contributed by atoms with E-state index < -0.39 is 71.9 Å². The van der Waals surface area contributed by atoms with Crippen LogP contribution in [0.3, 0.4) is 0 Å². The summed E-state index contributed by atoms with van der Waals surface area (Å²) in [6, 6.07) is 4.45. The molecule has 1 aromatic carbocycles. The molecule has 0 fully saturated rings. The molecule has 0 aliphatic heterocycles. The van der Waals surface area contributed by atoms with E-state index in [0.29, 0.717) is 5.56 Å². The van der Waals surface area contributed by atoms with Gasteiger partial charge in [0.25, 0.3) is 0 Å². The van der Waals surface area contributed by atoms with Gasteiger partial charge in [-0.3, -0.25) is 19.2 Å². The Morgan fingerprint density at radius 1 is 0.905 bits per heavy atom. The Morgan fingerprint density at radius 3 is 2.02 bits per heavy atom. The number of esters is 2. The lowest BCUT2D eigenvalue weighted by Gasteiger charge is -2.25. The average Bonchev–Trinajstić information content (AvgIpc) is 2.86. The fraction of sp³-hybridized carbons (Fsp3) is 0.517. The van der Waals surface area contributed by atoms with E-state index in [1.165, 1.54) is 6.92 Å². The van der Waals surface area contributed by atoms with Crippen molar-refractivity contribution in [3.8, 4) is 0 Å². The molecule has 0 saturated heterocycles. The number of amides is 3. The zero-order valence-corrected chi connectivity index (χ0v) is 24.9. The van der Waals surface area contributed by atoms with Crippen LogP contribution in [0, 0.1) is 5.92 Å². The number of ether oxygens (including phenoxy) is 3. The molecule has 0 heterocycles. The zero-order chi connectivity index (χ0) is 32.0. The van der Waals surface area contributed by atoms with Crippen LogP contribution in [0.1, 0.15) is 66.4 Å². The fourth-order valence-corrected chi connectivity index (χ4v) is 3.48. The molecule has 0 saturated carbocycles. The predicted molar refractivity (Wildman–Crippen MR) is 150 cm³/mol. The molecule has 0 radical (unpaired) electrons. The monoisotopic (exact) mass is 591 g/mol. The SMILES string of the molecule is C=C(C)OC(=O)C[C@H](NC(=O)OCc1ccccc1)C(=O)N[C@@H](CCC(=O)OC(C)(C)C)C(=O)N[C@H](C(=O)O)C(C)C. The van der Waals surface area contributed by atoms with Gasteiger partial charge in [0.1, 0.15) is 30.3 Å². The van der Waals surface area contributed by atoms with E-state index in [4.69, 9.17) is 14.2 Å². The van der Waals surface area contributed by atoms with Crippen LogP contribution in [0.2, 0.25) is 0 Å². The molecule has 232 valence electrons. The number of allylic oxidation sites excluding steroid dienone is 1. The standard InChI is InChI=1S/C29H41N3O10/c1-17(2)24(27(37)38)32-25(35)20(13-14-22(33)42-29(5,6)7)30-26(36)21(15-23(34)41-18(3)4)31-28(39)40-16-19-11-9-8-10-12-19/h8-12,17,20-21,24H,3,13-16H2,1-2,4-7H3,(H,30,36)(H,31,39)(H,32,35)(H,37,38)/t20-,21-,24-/m0/s1. The van der Waals surface area contributed by atoms with Gasteiger partial charge >= 0.3 is 24.0 Å². The van der Waals surface area contributed by atoms with Crippen LogP contribution in [0.25, 0.3) is 0 Å². The maximum Gasteiger partial charge on any atom is 0.408 e. The molecule has 0 bridgehead atoms. The first kappa shape index (κ1) is 35.6. The van der Waals surface area contributed by atoms with Crippen LogP contribution in [0.15, 0.2) is 42.7 Å². The van der Waals surface area contributed by atoms with Gasteiger partial charge in [0, 0.05) is 6.42 Å². The molecule has 42 heavy (non-hydrogen) atoms. The van der Waals surface area contributed by atoms with Crippen LogP contribution >= 0.6 is 0 Å². The molecule has 0 spiro atoms. The Labute approximate surface area is 245 Å². The summed E-state index contributed by atoms with van der Waals surface area (Å²) in [5, 5.41) is 16.5. The summed E-state index contributed by atoms with van der Waals surface area (Å²) < 4.78 is 15.3. The molecule has 13 heteroatoms. The highest BCUT2D eigenvalue weighted by atomic mass is 16.6. The summed E-state index contributed by atoms with van der Waals surface area (Å²) in [5.41, 5.74) is -0.129. The van der Waals surface area contributed by atoms with Crippen molar-refractivity contribution >= 4 is 35.8 Å². The molecule has 0 aliphatic rings. The van der Waals surface area contributed by atoms with Gasteiger partial charge in [-0.1, -0.05) is 50.8 Å². The topological polar surface area (TPSA) is 186 Å². The molecule has 3 atom stereocenters. The van der Waals surface area contributed by atoms with E-state index in [9.17, 15) is 33.9 Å². The van der Waals surface area contributed by atoms with E-state index in [2.05, 4.69) is 22.5 Å². The van der Waals surface area contributed by atoms with Gasteiger partial charge in [-0.2, -0.15) is 0 Å². The number of carbonyl (C=O) groups excluding carboxylic acids is 5. The largest absolute Gasteiger partial charge is 0.480 e. The maximum absolute atomic E-state index is 13.3. The molecule has 3 amide bonds. The average molecular weight is 592 g/mol. The van der Waals surface area contributed by atoms with Crippen LogP contribution in [0.4, 0.5) is 4.79 Å². The third-order valence-corrected chi connectivity index (χ3v) is 5.40. The minimum Gasteiger partial charge on any atom is -0.480 e. The second kappa shape index (κ2) is 16.7. The predicted octanol–water partition coefficient (Wildman–Crippen LogP) is 2.58. The zero-order valence-electron chi connectivity index (χ0n) is 24.9. The molecule has 13 nitrogen and oxygen atoms in total. The van der Waals surface area contributed by atoms with Gasteiger partial charge in [-0.05, 0) is 45.6 Å². The first-order chi connectivity index (χ1) is 19.5. The normalized spacial score (nSPS) is 13.1. The number of nitrogens with one attached hydrogen (secondary N) is 3. The Balaban J connectivity index is 3.14. The highest BCUT2D eigenvalue weighted by molar-refractivity contribution is 5.94. The van der Waals surface area contributed by atoms with Crippen molar-refractivity contribution in [2.75, 3.05) is 0 Å². The quantitative estimate of drug-likeness (QED) is 0.134. The van der Waals surface area contributed by atoms with Crippen molar-refractivity contribution in [1.29, 1.82) is 0 Å². The van der Waals surface area contributed by atoms with Crippen molar-refractivity contribution < 1.29 is 48.1 Å². The first-order valence-electron chi connectivity index (χ1n) is 13.4. The molecular formula is C29H41N3O10. The minimum atomic E-state index is -1.56. The molecule has 4 N–H and O–H groups in total. The summed E-state index contributed by atoms with van der Waals surface area (Å²) in [5.74, 6) is -5.16. The van der Waals surface area contributed by atoms with Gasteiger partial charge in [0.05, 0.1) is 12.2 Å². The van der Waals surface area contributed by atoms with Crippen molar-refractivity contribution in [2.24, 2.45) is 5.92 Å². The maximum atomic E-state index is 13.3. The Hall–Kier alpha value is -4.42. The van der Waals surface area contributed by atoms with E-state index in [1.54, 1.807) is 65.0 Å². The third-order valence-electron chi connectivity index (χ3n) is 5.40. The molecule has 0 unspecified atom stereocenters. The summed E-state index contributed by atoms with van der Waals surface area (Å²) in [6.45, 7) is 12.9. The lowest BCUT2D eigenvalue weighted by Crippen LogP contribution is -2.57. The van der Waals surface area contributed by atoms with Gasteiger partial charge < -0.3 is 35.3 Å². The van der Waals surface area contributed by atoms with Crippen molar-refractivity contribution in [3.63, 3.8) is 0 Å². The van der Waals surface area contributed by atoms with Gasteiger partial charge in [-0.15, -0.1) is 0 Å². The Morgan fingerprint density at radius 2 is 1.50 bits per heavy atom. The number of carboxylic acid groups (broad SMARTS) is 1. The number of carboxylic acids is 1. The second-order valence-electron chi connectivity index (χ2n) is 10.9. The lowest BCUT2D eigenvalue weighted by atomic mass is 10.0. The molecule has 1 rings (SSSR count). The van der Waals surface area contributed by atoms with Crippen LogP contribution in [-0.4, -0.2) is 64.6 Å². The minimum absolute atomic E-state index is 0.0498. The smallest absolute Gasteiger partial charge is 0.408 e. The van der Waals surface area contributed by atoms with Crippen molar-refractivity contribution in [2.45, 2.75) is 91.1 Å². The van der Waals surface area contributed by atoms with E-state index in [-0.39, 0.29) is 25.2 Å². The summed E-state index contributed by atoms with van der Waals surface area (Å²) in [6.07, 6.45) is -2.24. The van der Waals surface area contributed by atoms with E-state index in [1.807, 2.05) is 0 Å². The molecular weight excluding hydrogens is 550 g/mol. The van der Waals surface area contributed by atoms with Crippen LogP contribution in [-0.2, 0) is 44.8 Å². The van der Waals surface area contributed by atoms with E-state index in [0.717, 1.165) is 0 Å². The Bertz CT molecular complexity index is 1130. The molecule has 0 aromatic heterocycles.